The molecule has 5 heteroatoms. The molecule has 3 aromatic rings. The van der Waals surface area contributed by atoms with E-state index in [1.54, 1.807) is 35.4 Å². The summed E-state index contributed by atoms with van der Waals surface area (Å²) < 4.78 is 1.78. The number of pyridine rings is 1. The molecular weight excluding hydrogens is 224 g/mol. The monoisotopic (exact) mass is 230 g/mol. The van der Waals surface area contributed by atoms with Gasteiger partial charge in [-0.15, -0.1) is 0 Å². The Balaban J connectivity index is 2.33. The fourth-order valence-electron chi connectivity index (χ4n) is 1.59. The first kappa shape index (κ1) is 9.30. The van der Waals surface area contributed by atoms with Crippen LogP contribution in [0.5, 0.6) is 0 Å². The van der Waals surface area contributed by atoms with Gasteiger partial charge in [0.05, 0.1) is 5.02 Å². The van der Waals surface area contributed by atoms with Crippen LogP contribution >= 0.6 is 11.6 Å². The molecule has 78 valence electrons. The molecule has 0 spiro atoms. The molecule has 3 heterocycles. The van der Waals surface area contributed by atoms with Crippen LogP contribution in [0.15, 0.2) is 43.0 Å². The molecular formula is C11H7ClN4. The molecule has 0 N–H and O–H groups in total. The normalized spacial score (nSPS) is 10.8. The molecule has 0 radical (unpaired) electrons. The summed E-state index contributed by atoms with van der Waals surface area (Å²) in [5.74, 6) is 0.568. The molecule has 3 rings (SSSR count). The minimum Gasteiger partial charge on any atom is -0.268 e. The van der Waals surface area contributed by atoms with Crippen molar-refractivity contribution in [2.75, 3.05) is 0 Å². The van der Waals surface area contributed by atoms with Crippen molar-refractivity contribution in [3.63, 3.8) is 0 Å². The third-order valence-electron chi connectivity index (χ3n) is 2.28. The Kier molecular flexibility index (Phi) is 2.08. The lowest BCUT2D eigenvalue weighted by Crippen LogP contribution is -1.98. The average Bonchev–Trinajstić information content (AvgIpc) is 2.69. The van der Waals surface area contributed by atoms with Crippen LogP contribution in [0, 0.1) is 0 Å². The van der Waals surface area contributed by atoms with Crippen LogP contribution in [0.3, 0.4) is 0 Å². The molecule has 0 saturated heterocycles. The Morgan fingerprint density at radius 2 is 1.75 bits per heavy atom. The van der Waals surface area contributed by atoms with Crippen LogP contribution in [0.2, 0.25) is 5.02 Å². The van der Waals surface area contributed by atoms with E-state index in [9.17, 15) is 0 Å². The van der Waals surface area contributed by atoms with Gasteiger partial charge < -0.3 is 0 Å². The molecule has 0 amide bonds. The summed E-state index contributed by atoms with van der Waals surface area (Å²) in [6.07, 6.45) is 6.86. The first-order valence-electron chi connectivity index (χ1n) is 4.75. The van der Waals surface area contributed by atoms with E-state index in [0.29, 0.717) is 11.0 Å². The highest BCUT2D eigenvalue weighted by atomic mass is 35.5. The van der Waals surface area contributed by atoms with Crippen molar-refractivity contribution < 1.29 is 0 Å². The minimum absolute atomic E-state index is 0.568. The quantitative estimate of drug-likeness (QED) is 0.645. The number of halogens is 1. The molecule has 0 unspecified atom stereocenters. The van der Waals surface area contributed by atoms with Gasteiger partial charge in [0.1, 0.15) is 5.65 Å². The number of rotatable bonds is 1. The van der Waals surface area contributed by atoms with E-state index in [4.69, 9.17) is 11.6 Å². The van der Waals surface area contributed by atoms with Crippen molar-refractivity contribution in [1.29, 1.82) is 0 Å². The highest BCUT2D eigenvalue weighted by Crippen LogP contribution is 2.25. The van der Waals surface area contributed by atoms with Gasteiger partial charge in [0.2, 0.25) is 5.95 Å². The summed E-state index contributed by atoms with van der Waals surface area (Å²) in [5, 5.41) is 1.55. The van der Waals surface area contributed by atoms with Gasteiger partial charge >= 0.3 is 0 Å². The number of hydrogen-bond acceptors (Lipinski definition) is 3. The van der Waals surface area contributed by atoms with Crippen molar-refractivity contribution >= 4 is 22.6 Å². The van der Waals surface area contributed by atoms with Gasteiger partial charge in [0, 0.05) is 30.2 Å². The summed E-state index contributed by atoms with van der Waals surface area (Å²) >= 11 is 6.11. The molecule has 0 saturated carbocycles. The minimum atomic E-state index is 0.568. The van der Waals surface area contributed by atoms with Gasteiger partial charge in [-0.3, -0.25) is 4.57 Å². The molecule has 16 heavy (non-hydrogen) atoms. The largest absolute Gasteiger partial charge is 0.268 e. The van der Waals surface area contributed by atoms with Crippen molar-refractivity contribution in [2.45, 2.75) is 0 Å². The second kappa shape index (κ2) is 3.57. The highest BCUT2D eigenvalue weighted by Gasteiger charge is 2.09. The van der Waals surface area contributed by atoms with Crippen LogP contribution in [0.4, 0.5) is 0 Å². The predicted molar refractivity (Wildman–Crippen MR) is 61.7 cm³/mol. The van der Waals surface area contributed by atoms with Crippen molar-refractivity contribution in [3.05, 3.63) is 48.0 Å². The van der Waals surface area contributed by atoms with Crippen LogP contribution in [-0.2, 0) is 0 Å². The van der Waals surface area contributed by atoms with Crippen LogP contribution in [0.25, 0.3) is 17.0 Å². The molecule has 0 aliphatic rings. The highest BCUT2D eigenvalue weighted by molar-refractivity contribution is 6.35. The SMILES string of the molecule is Clc1cn(-c2ncccn2)c2ncccc12. The Labute approximate surface area is 96.6 Å². The number of nitrogens with zero attached hydrogens (tertiary/aromatic N) is 4. The van der Waals surface area contributed by atoms with Crippen LogP contribution in [0.1, 0.15) is 0 Å². The second-order valence-electron chi connectivity index (χ2n) is 3.27. The molecule has 0 aliphatic heterocycles. The molecule has 0 aliphatic carbocycles. The van der Waals surface area contributed by atoms with Gasteiger partial charge in [-0.25, -0.2) is 15.0 Å². The molecule has 4 nitrogen and oxygen atoms in total. The lowest BCUT2D eigenvalue weighted by molar-refractivity contribution is 0.949. The topological polar surface area (TPSA) is 43.6 Å². The fraction of sp³-hybridized carbons (Fsp3) is 0. The van der Waals surface area contributed by atoms with Gasteiger partial charge in [0.25, 0.3) is 0 Å². The average molecular weight is 231 g/mol. The molecule has 0 bridgehead atoms. The zero-order valence-corrected chi connectivity index (χ0v) is 8.96. The summed E-state index contributed by atoms with van der Waals surface area (Å²) in [4.78, 5) is 12.6. The first-order valence-corrected chi connectivity index (χ1v) is 5.13. The van der Waals surface area contributed by atoms with E-state index in [0.717, 1.165) is 11.0 Å². The Morgan fingerprint density at radius 3 is 2.56 bits per heavy atom. The summed E-state index contributed by atoms with van der Waals surface area (Å²) in [7, 11) is 0. The number of fused-ring (bicyclic) bond motifs is 1. The zero-order chi connectivity index (χ0) is 11.0. The third kappa shape index (κ3) is 1.35. The van der Waals surface area contributed by atoms with E-state index >= 15 is 0 Å². The van der Waals surface area contributed by atoms with Crippen molar-refractivity contribution in [2.24, 2.45) is 0 Å². The molecule has 0 atom stereocenters. The summed E-state index contributed by atoms with van der Waals surface area (Å²) in [6, 6.07) is 5.54. The van der Waals surface area contributed by atoms with Crippen LogP contribution in [-0.4, -0.2) is 19.5 Å². The van der Waals surface area contributed by atoms with Gasteiger partial charge in [-0.2, -0.15) is 0 Å². The van der Waals surface area contributed by atoms with E-state index < -0.39 is 0 Å². The predicted octanol–water partition coefficient (Wildman–Crippen LogP) is 2.47. The zero-order valence-electron chi connectivity index (χ0n) is 8.21. The molecule has 0 fully saturated rings. The van der Waals surface area contributed by atoms with Gasteiger partial charge in [0.15, 0.2) is 0 Å². The standard InChI is InChI=1S/C11H7ClN4/c12-9-7-16(11-14-5-2-6-15-11)10-8(9)3-1-4-13-10/h1-7H. The maximum Gasteiger partial charge on any atom is 0.235 e. The Morgan fingerprint density at radius 1 is 1.00 bits per heavy atom. The summed E-state index contributed by atoms with van der Waals surface area (Å²) in [6.45, 7) is 0. The van der Waals surface area contributed by atoms with Gasteiger partial charge in [-0.05, 0) is 18.2 Å². The second-order valence-corrected chi connectivity index (χ2v) is 3.68. The van der Waals surface area contributed by atoms with Gasteiger partial charge in [-0.1, -0.05) is 11.6 Å². The third-order valence-corrected chi connectivity index (χ3v) is 2.58. The van der Waals surface area contributed by atoms with Crippen molar-refractivity contribution in [3.8, 4) is 5.95 Å². The molecule has 0 aromatic carbocycles. The van der Waals surface area contributed by atoms with Crippen LogP contribution < -0.4 is 0 Å². The smallest absolute Gasteiger partial charge is 0.235 e. The maximum atomic E-state index is 6.11. The summed E-state index contributed by atoms with van der Waals surface area (Å²) in [5.41, 5.74) is 0.763. The van der Waals surface area contributed by atoms with E-state index in [2.05, 4.69) is 15.0 Å². The van der Waals surface area contributed by atoms with Crippen molar-refractivity contribution in [1.82, 2.24) is 19.5 Å². The van der Waals surface area contributed by atoms with E-state index in [-0.39, 0.29) is 0 Å². The lowest BCUT2D eigenvalue weighted by Gasteiger charge is -2.00. The Bertz CT molecular complexity index is 633. The van der Waals surface area contributed by atoms with E-state index in [1.807, 2.05) is 12.1 Å². The first-order chi connectivity index (χ1) is 7.86. The molecule has 3 aromatic heterocycles. The van der Waals surface area contributed by atoms with E-state index in [1.165, 1.54) is 0 Å². The maximum absolute atomic E-state index is 6.11. The fourth-order valence-corrected chi connectivity index (χ4v) is 1.83. The number of aromatic nitrogens is 4. The number of hydrogen-bond donors (Lipinski definition) is 0. The Hall–Kier alpha value is -1.94. The lowest BCUT2D eigenvalue weighted by atomic mass is 10.3.